The van der Waals surface area contributed by atoms with Gasteiger partial charge in [-0.25, -0.2) is 0 Å². The Morgan fingerprint density at radius 1 is 0.735 bits per heavy atom. The summed E-state index contributed by atoms with van der Waals surface area (Å²) in [7, 11) is 1.59. The van der Waals surface area contributed by atoms with E-state index in [1.165, 1.54) is 23.5 Å². The predicted molar refractivity (Wildman–Crippen MR) is 138 cm³/mol. The van der Waals surface area contributed by atoms with Crippen molar-refractivity contribution in [2.45, 2.75) is 19.6 Å². The summed E-state index contributed by atoms with van der Waals surface area (Å²) in [6.45, 7) is 0. The molecule has 4 nitrogen and oxygen atoms in total. The maximum atomic E-state index is 10.1. The molecule has 0 unspecified atom stereocenters. The maximum Gasteiger partial charge on any atom is 0.142 e. The average Bonchev–Trinajstić information content (AvgIpc) is 2.89. The molecular weight excluding hydrogens is 482 g/mol. The lowest BCUT2D eigenvalue weighted by Crippen LogP contribution is -2.03. The lowest BCUT2D eigenvalue weighted by atomic mass is 10.1. The third-order valence-electron chi connectivity index (χ3n) is 4.87. The number of para-hydroxylation sites is 2. The van der Waals surface area contributed by atoms with E-state index < -0.39 is 0 Å². The molecule has 4 aromatic carbocycles. The van der Waals surface area contributed by atoms with E-state index in [4.69, 9.17) is 16.3 Å². The summed E-state index contributed by atoms with van der Waals surface area (Å²) in [5, 5.41) is 23.7. The Kier molecular flexibility index (Phi) is 7.67. The molecule has 0 saturated carbocycles. The van der Waals surface area contributed by atoms with Crippen LogP contribution in [0.25, 0.3) is 0 Å². The second-order valence-electron chi connectivity index (χ2n) is 6.98. The van der Waals surface area contributed by atoms with Crippen molar-refractivity contribution in [3.05, 3.63) is 101 Å². The van der Waals surface area contributed by atoms with Crippen LogP contribution in [0.2, 0.25) is 5.02 Å². The number of nitrogens with one attached hydrogen (secondary N) is 1. The highest BCUT2D eigenvalue weighted by Gasteiger charge is 2.25. The van der Waals surface area contributed by atoms with Crippen LogP contribution in [0.5, 0.6) is 5.75 Å². The van der Waals surface area contributed by atoms with Gasteiger partial charge in [0.2, 0.25) is 0 Å². The summed E-state index contributed by atoms with van der Waals surface area (Å²) >= 11 is 9.73. The molecule has 1 N–H and O–H groups in total. The highest BCUT2D eigenvalue weighted by Crippen LogP contribution is 2.50. The molecule has 4 rings (SSSR count). The molecule has 0 heterocycles. The van der Waals surface area contributed by atoms with Crippen molar-refractivity contribution in [1.29, 1.82) is 10.5 Å². The zero-order chi connectivity index (χ0) is 23.9. The monoisotopic (exact) mass is 499 g/mol. The topological polar surface area (TPSA) is 68.8 Å². The number of benzene rings is 4. The smallest absolute Gasteiger partial charge is 0.142 e. The molecule has 0 aromatic heterocycles. The Balaban J connectivity index is 1.99. The number of halogens is 1. The molecule has 0 aliphatic carbocycles. The Labute approximate surface area is 212 Å². The van der Waals surface area contributed by atoms with E-state index in [1.54, 1.807) is 7.11 Å². The van der Waals surface area contributed by atoms with E-state index in [0.29, 0.717) is 22.0 Å². The largest absolute Gasteiger partial charge is 0.495 e. The average molecular weight is 500 g/mol. The third kappa shape index (κ3) is 5.00. The quantitative estimate of drug-likeness (QED) is 0.276. The second kappa shape index (κ2) is 11.0. The molecule has 0 atom stereocenters. The first-order chi connectivity index (χ1) is 16.7. The van der Waals surface area contributed by atoms with Gasteiger partial charge in [-0.1, -0.05) is 83.7 Å². The molecule has 0 bridgehead atoms. The van der Waals surface area contributed by atoms with Crippen molar-refractivity contribution in [2.75, 3.05) is 12.4 Å². The highest BCUT2D eigenvalue weighted by molar-refractivity contribution is 8.02. The van der Waals surface area contributed by atoms with E-state index in [9.17, 15) is 10.5 Å². The lowest BCUT2D eigenvalue weighted by Gasteiger charge is -2.21. The van der Waals surface area contributed by atoms with Crippen LogP contribution in [-0.2, 0) is 0 Å². The molecule has 0 radical (unpaired) electrons. The lowest BCUT2D eigenvalue weighted by molar-refractivity contribution is 0.417. The standard InChI is InChI=1S/C27H18ClN3OS2/c1-32-23-15-9-8-14-22(23)31-25-21(17-30)20(16-29)24(28)26(33-18-10-4-2-5-11-18)27(25)34-19-12-6-3-7-13-19/h2-15,31H,1H3. The summed E-state index contributed by atoms with van der Waals surface area (Å²) in [5.41, 5.74) is 1.52. The summed E-state index contributed by atoms with van der Waals surface area (Å²) in [6.07, 6.45) is 0. The van der Waals surface area contributed by atoms with Gasteiger partial charge in [-0.2, -0.15) is 10.5 Å². The van der Waals surface area contributed by atoms with Crippen LogP contribution in [0.4, 0.5) is 11.4 Å². The van der Waals surface area contributed by atoms with E-state index >= 15 is 0 Å². The van der Waals surface area contributed by atoms with Gasteiger partial charge < -0.3 is 10.1 Å². The molecule has 166 valence electrons. The molecular formula is C27H18ClN3OS2. The van der Waals surface area contributed by atoms with E-state index in [0.717, 1.165) is 14.7 Å². The fourth-order valence-electron chi connectivity index (χ4n) is 3.29. The molecule has 0 aliphatic heterocycles. The van der Waals surface area contributed by atoms with Crippen LogP contribution >= 0.6 is 35.1 Å². The predicted octanol–water partition coefficient (Wildman–Crippen LogP) is 8.14. The number of nitriles is 2. The van der Waals surface area contributed by atoms with Gasteiger partial charge in [0.1, 0.15) is 17.9 Å². The summed E-state index contributed by atoms with van der Waals surface area (Å²) in [4.78, 5) is 3.41. The maximum absolute atomic E-state index is 10.1. The van der Waals surface area contributed by atoms with Gasteiger partial charge in [0, 0.05) is 14.7 Å². The molecule has 0 aliphatic rings. The van der Waals surface area contributed by atoms with Crippen molar-refractivity contribution in [3.63, 3.8) is 0 Å². The highest BCUT2D eigenvalue weighted by atomic mass is 35.5. The molecule has 0 fully saturated rings. The van der Waals surface area contributed by atoms with Crippen LogP contribution < -0.4 is 10.1 Å². The van der Waals surface area contributed by atoms with E-state index in [1.807, 2.05) is 84.9 Å². The summed E-state index contributed by atoms with van der Waals surface area (Å²) < 4.78 is 5.51. The van der Waals surface area contributed by atoms with E-state index in [2.05, 4.69) is 17.5 Å². The van der Waals surface area contributed by atoms with Crippen LogP contribution in [0.1, 0.15) is 11.1 Å². The number of ether oxygens (including phenoxy) is 1. The number of anilines is 2. The van der Waals surface area contributed by atoms with Crippen LogP contribution in [0.3, 0.4) is 0 Å². The number of rotatable bonds is 7. The van der Waals surface area contributed by atoms with Gasteiger partial charge >= 0.3 is 0 Å². The second-order valence-corrected chi connectivity index (χ2v) is 9.52. The molecule has 0 amide bonds. The minimum Gasteiger partial charge on any atom is -0.495 e. The fraction of sp³-hybridized carbons (Fsp3) is 0.0370. The van der Waals surface area contributed by atoms with Gasteiger partial charge in [-0.05, 0) is 36.4 Å². The Morgan fingerprint density at radius 3 is 1.82 bits per heavy atom. The molecule has 34 heavy (non-hydrogen) atoms. The molecule has 0 spiro atoms. The van der Waals surface area contributed by atoms with Gasteiger partial charge in [0.25, 0.3) is 0 Å². The Bertz CT molecular complexity index is 1400. The van der Waals surface area contributed by atoms with Gasteiger partial charge in [0.05, 0.1) is 39.5 Å². The first-order valence-electron chi connectivity index (χ1n) is 10.2. The minimum absolute atomic E-state index is 0.136. The third-order valence-corrected chi connectivity index (χ3v) is 7.73. The van der Waals surface area contributed by atoms with Crippen molar-refractivity contribution in [1.82, 2.24) is 0 Å². The first kappa shape index (κ1) is 23.6. The normalized spacial score (nSPS) is 10.2. The molecule has 7 heteroatoms. The minimum atomic E-state index is 0.136. The van der Waals surface area contributed by atoms with Gasteiger partial charge in [0.15, 0.2) is 0 Å². The first-order valence-corrected chi connectivity index (χ1v) is 12.2. The van der Waals surface area contributed by atoms with Gasteiger partial charge in [-0.15, -0.1) is 0 Å². The zero-order valence-corrected chi connectivity index (χ0v) is 20.5. The SMILES string of the molecule is COc1ccccc1Nc1c(C#N)c(C#N)c(Cl)c(Sc2ccccc2)c1Sc1ccccc1. The van der Waals surface area contributed by atoms with Crippen LogP contribution in [0, 0.1) is 22.7 Å². The number of nitrogens with zero attached hydrogens (tertiary/aromatic N) is 2. The summed E-state index contributed by atoms with van der Waals surface area (Å²) in [6, 6.07) is 31.4. The van der Waals surface area contributed by atoms with Crippen molar-refractivity contribution >= 4 is 46.5 Å². The molecule has 4 aromatic rings. The van der Waals surface area contributed by atoms with Crippen LogP contribution in [0.15, 0.2) is 105 Å². The molecule has 0 saturated heterocycles. The number of hydrogen-bond donors (Lipinski definition) is 1. The van der Waals surface area contributed by atoms with Crippen LogP contribution in [-0.4, -0.2) is 7.11 Å². The van der Waals surface area contributed by atoms with E-state index in [-0.39, 0.29) is 16.1 Å². The fourth-order valence-corrected chi connectivity index (χ4v) is 5.84. The number of methoxy groups -OCH3 is 1. The van der Waals surface area contributed by atoms with Crippen molar-refractivity contribution in [2.24, 2.45) is 0 Å². The summed E-state index contributed by atoms with van der Waals surface area (Å²) in [5.74, 6) is 0.618. The Hall–Kier alpha value is -3.55. The Morgan fingerprint density at radius 2 is 1.26 bits per heavy atom. The number of hydrogen-bond acceptors (Lipinski definition) is 6. The van der Waals surface area contributed by atoms with Crippen molar-refractivity contribution < 1.29 is 4.74 Å². The van der Waals surface area contributed by atoms with Crippen molar-refractivity contribution in [3.8, 4) is 17.9 Å². The zero-order valence-electron chi connectivity index (χ0n) is 18.1. The van der Waals surface area contributed by atoms with Gasteiger partial charge in [-0.3, -0.25) is 0 Å².